The van der Waals surface area contributed by atoms with Crippen LogP contribution in [0.2, 0.25) is 0 Å². The predicted octanol–water partition coefficient (Wildman–Crippen LogP) is 3.53. The number of pyridine rings is 1. The molecule has 1 aromatic heterocycles. The molecule has 7 nitrogen and oxygen atoms in total. The van der Waals surface area contributed by atoms with Crippen molar-refractivity contribution in [2.24, 2.45) is 0 Å². The molecule has 0 aliphatic carbocycles. The van der Waals surface area contributed by atoms with Crippen LogP contribution in [0.1, 0.15) is 23.2 Å². The number of hydrogen-bond acceptors (Lipinski definition) is 7. The van der Waals surface area contributed by atoms with Crippen molar-refractivity contribution in [3.05, 3.63) is 65.4 Å². The minimum atomic E-state index is -3.99. The molecule has 174 valence electrons. The van der Waals surface area contributed by atoms with Gasteiger partial charge < -0.3 is 14.2 Å². The number of sulfone groups is 1. The van der Waals surface area contributed by atoms with Crippen LogP contribution in [0, 0.1) is 13.8 Å². The van der Waals surface area contributed by atoms with Gasteiger partial charge in [-0.1, -0.05) is 17.7 Å². The fraction of sp³-hybridized carbons (Fsp3) is 0.360. The van der Waals surface area contributed by atoms with Gasteiger partial charge in [-0.2, -0.15) is 0 Å². The van der Waals surface area contributed by atoms with Crippen molar-refractivity contribution in [2.45, 2.75) is 36.9 Å². The first-order chi connectivity index (χ1) is 15.7. The highest BCUT2D eigenvalue weighted by atomic mass is 32.2. The summed E-state index contributed by atoms with van der Waals surface area (Å²) in [6.45, 7) is 3.91. The summed E-state index contributed by atoms with van der Waals surface area (Å²) in [5.74, 6) is -0.802. The van der Waals surface area contributed by atoms with Gasteiger partial charge in [0.25, 0.3) is 0 Å². The number of ketones is 1. The molecule has 0 N–H and O–H groups in total. The SMILES string of the molecule is COc1ccc(C)cc1[C@@]1(C(=O)CS(=O)(=O)c2cccc3nc(C)ccc23)C[C@H](OC)CO1. The Bertz CT molecular complexity index is 1320. The van der Waals surface area contributed by atoms with Crippen LogP contribution in [0.25, 0.3) is 10.9 Å². The molecule has 33 heavy (non-hydrogen) atoms. The van der Waals surface area contributed by atoms with E-state index in [1.165, 1.54) is 13.2 Å². The summed E-state index contributed by atoms with van der Waals surface area (Å²) >= 11 is 0. The normalized spacial score (nSPS) is 20.8. The maximum absolute atomic E-state index is 13.8. The van der Waals surface area contributed by atoms with E-state index in [0.29, 0.717) is 22.2 Å². The Labute approximate surface area is 193 Å². The molecule has 0 radical (unpaired) electrons. The van der Waals surface area contributed by atoms with Gasteiger partial charge in [-0.3, -0.25) is 9.78 Å². The van der Waals surface area contributed by atoms with E-state index in [9.17, 15) is 13.2 Å². The third-order valence-corrected chi connectivity index (χ3v) is 7.76. The summed E-state index contributed by atoms with van der Waals surface area (Å²) < 4.78 is 44.0. The van der Waals surface area contributed by atoms with Gasteiger partial charge in [-0.15, -0.1) is 0 Å². The molecular formula is C25H27NO6S. The topological polar surface area (TPSA) is 91.8 Å². The van der Waals surface area contributed by atoms with Crippen LogP contribution in [0.15, 0.2) is 53.4 Å². The number of methoxy groups -OCH3 is 2. The molecule has 2 heterocycles. The second-order valence-electron chi connectivity index (χ2n) is 8.36. The Morgan fingerprint density at radius 3 is 2.64 bits per heavy atom. The molecule has 4 rings (SSSR count). The number of Topliss-reactive ketones (excluding diaryl/α,β-unsaturated/α-hetero) is 1. The fourth-order valence-corrected chi connectivity index (χ4v) is 5.89. The largest absolute Gasteiger partial charge is 0.496 e. The molecule has 3 aromatic rings. The monoisotopic (exact) mass is 469 g/mol. The first-order valence-electron chi connectivity index (χ1n) is 10.6. The maximum atomic E-state index is 13.8. The molecule has 1 aliphatic heterocycles. The predicted molar refractivity (Wildman–Crippen MR) is 124 cm³/mol. The van der Waals surface area contributed by atoms with Crippen LogP contribution in [0.5, 0.6) is 5.75 Å². The first-order valence-corrected chi connectivity index (χ1v) is 12.3. The van der Waals surface area contributed by atoms with Gasteiger partial charge in [0.2, 0.25) is 0 Å². The zero-order chi connectivity index (χ0) is 23.8. The number of nitrogens with zero attached hydrogens (tertiary/aromatic N) is 1. The fourth-order valence-electron chi connectivity index (χ4n) is 4.36. The second kappa shape index (κ2) is 8.85. The Hall–Kier alpha value is -2.81. The Kier molecular flexibility index (Phi) is 6.26. The van der Waals surface area contributed by atoms with Crippen molar-refractivity contribution in [1.82, 2.24) is 4.98 Å². The molecule has 0 amide bonds. The zero-order valence-corrected chi connectivity index (χ0v) is 19.9. The molecule has 1 fully saturated rings. The van der Waals surface area contributed by atoms with E-state index in [1.54, 1.807) is 37.4 Å². The number of fused-ring (bicyclic) bond motifs is 1. The van der Waals surface area contributed by atoms with Crippen LogP contribution >= 0.6 is 0 Å². The van der Waals surface area contributed by atoms with Gasteiger partial charge in [0.05, 0.1) is 30.2 Å². The molecule has 0 saturated carbocycles. The van der Waals surface area contributed by atoms with Gasteiger partial charge in [-0.05, 0) is 50.2 Å². The van der Waals surface area contributed by atoms with Crippen molar-refractivity contribution in [1.29, 1.82) is 0 Å². The number of carbonyl (C=O) groups is 1. The average molecular weight is 470 g/mol. The summed E-state index contributed by atoms with van der Waals surface area (Å²) in [4.78, 5) is 18.2. The van der Waals surface area contributed by atoms with E-state index >= 15 is 0 Å². The van der Waals surface area contributed by atoms with E-state index in [4.69, 9.17) is 14.2 Å². The maximum Gasteiger partial charge on any atom is 0.186 e. The summed E-state index contributed by atoms with van der Waals surface area (Å²) in [7, 11) is -0.931. The number of aromatic nitrogens is 1. The van der Waals surface area contributed by atoms with Gasteiger partial charge in [0, 0.05) is 30.2 Å². The zero-order valence-electron chi connectivity index (χ0n) is 19.1. The van der Waals surface area contributed by atoms with Gasteiger partial charge in [0.15, 0.2) is 21.2 Å². The van der Waals surface area contributed by atoms with E-state index in [1.807, 2.05) is 26.0 Å². The van der Waals surface area contributed by atoms with Crippen LogP contribution in [-0.4, -0.2) is 51.9 Å². The van der Waals surface area contributed by atoms with Crippen LogP contribution < -0.4 is 4.74 Å². The van der Waals surface area contributed by atoms with E-state index in [-0.39, 0.29) is 24.0 Å². The van der Waals surface area contributed by atoms with Gasteiger partial charge in [-0.25, -0.2) is 8.42 Å². The van der Waals surface area contributed by atoms with Crippen LogP contribution in [0.4, 0.5) is 0 Å². The lowest BCUT2D eigenvalue weighted by Gasteiger charge is -2.29. The minimum absolute atomic E-state index is 0.0773. The average Bonchev–Trinajstić information content (AvgIpc) is 3.24. The number of aryl methyl sites for hydroxylation is 2. The standard InChI is InChI=1S/C25H27NO6S/c1-16-8-11-22(31-4)20(12-16)25(13-18(30-3)14-32-25)24(27)15-33(28,29)23-7-5-6-21-19(23)10-9-17(2)26-21/h5-12,18H,13-15H2,1-4H3/t18-,25+/m0/s1. The molecule has 0 bridgehead atoms. The molecule has 1 saturated heterocycles. The van der Waals surface area contributed by atoms with Gasteiger partial charge in [0.1, 0.15) is 11.5 Å². The molecule has 0 spiro atoms. The van der Waals surface area contributed by atoms with Gasteiger partial charge >= 0.3 is 0 Å². The molecular weight excluding hydrogens is 442 g/mol. The molecule has 2 aromatic carbocycles. The minimum Gasteiger partial charge on any atom is -0.496 e. The Balaban J connectivity index is 1.78. The molecule has 0 unspecified atom stereocenters. The van der Waals surface area contributed by atoms with Crippen molar-refractivity contribution in [3.8, 4) is 5.75 Å². The second-order valence-corrected chi connectivity index (χ2v) is 10.3. The van der Waals surface area contributed by atoms with Crippen LogP contribution in [0.3, 0.4) is 0 Å². The third-order valence-electron chi connectivity index (χ3n) is 6.09. The van der Waals surface area contributed by atoms with E-state index in [0.717, 1.165) is 11.3 Å². The lowest BCUT2D eigenvalue weighted by Crippen LogP contribution is -2.40. The molecule has 2 atom stereocenters. The number of carbonyl (C=O) groups excluding carboxylic acids is 1. The molecule has 1 aliphatic rings. The number of ether oxygens (including phenoxy) is 3. The lowest BCUT2D eigenvalue weighted by molar-refractivity contribution is -0.137. The summed E-state index contributed by atoms with van der Waals surface area (Å²) in [5.41, 5.74) is 1.28. The summed E-state index contributed by atoms with van der Waals surface area (Å²) in [5, 5.41) is 0.486. The smallest absolute Gasteiger partial charge is 0.186 e. The third kappa shape index (κ3) is 4.26. The quantitative estimate of drug-likeness (QED) is 0.523. The highest BCUT2D eigenvalue weighted by Crippen LogP contribution is 2.43. The number of hydrogen-bond donors (Lipinski definition) is 0. The van der Waals surface area contributed by atoms with Crippen molar-refractivity contribution in [2.75, 3.05) is 26.6 Å². The number of rotatable bonds is 7. The highest BCUT2D eigenvalue weighted by Gasteiger charge is 2.51. The Morgan fingerprint density at radius 1 is 1.15 bits per heavy atom. The Morgan fingerprint density at radius 2 is 1.94 bits per heavy atom. The van der Waals surface area contributed by atoms with Crippen molar-refractivity contribution < 1.29 is 27.4 Å². The number of benzene rings is 2. The first kappa shape index (κ1) is 23.4. The van der Waals surface area contributed by atoms with Crippen LogP contribution in [-0.2, 0) is 29.7 Å². The van der Waals surface area contributed by atoms with E-state index in [2.05, 4.69) is 4.98 Å². The summed E-state index contributed by atoms with van der Waals surface area (Å²) in [6.07, 6.45) is -0.139. The molecule has 8 heteroatoms. The van der Waals surface area contributed by atoms with Crippen molar-refractivity contribution in [3.63, 3.8) is 0 Å². The lowest BCUT2D eigenvalue weighted by atomic mass is 9.85. The summed E-state index contributed by atoms with van der Waals surface area (Å²) in [6, 6.07) is 13.8. The van der Waals surface area contributed by atoms with E-state index < -0.39 is 27.0 Å². The highest BCUT2D eigenvalue weighted by molar-refractivity contribution is 7.92. The van der Waals surface area contributed by atoms with Crippen molar-refractivity contribution >= 4 is 26.5 Å².